The first kappa shape index (κ1) is 15.8. The molecule has 0 heterocycles. The van der Waals surface area contributed by atoms with E-state index in [1.54, 1.807) is 6.07 Å². The molecule has 1 fully saturated rings. The van der Waals surface area contributed by atoms with Crippen LogP contribution in [0.1, 0.15) is 31.2 Å². The second kappa shape index (κ2) is 6.43. The molecule has 1 saturated carbocycles. The topological polar surface area (TPSA) is 52.6 Å². The van der Waals surface area contributed by atoms with Crippen LogP contribution in [0, 0.1) is 11.2 Å². The van der Waals surface area contributed by atoms with Gasteiger partial charge in [0.15, 0.2) is 0 Å². The molecule has 0 aromatic heterocycles. The average molecular weight is 294 g/mol. The minimum absolute atomic E-state index is 0.272. The van der Waals surface area contributed by atoms with Gasteiger partial charge in [0.2, 0.25) is 0 Å². The van der Waals surface area contributed by atoms with E-state index in [1.165, 1.54) is 12.1 Å². The summed E-state index contributed by atoms with van der Waals surface area (Å²) in [7, 11) is 3.82. The second-order valence-electron chi connectivity index (χ2n) is 6.06. The molecular formula is C16H23FN2O2. The van der Waals surface area contributed by atoms with Crippen LogP contribution in [-0.4, -0.2) is 31.7 Å². The van der Waals surface area contributed by atoms with E-state index >= 15 is 0 Å². The summed E-state index contributed by atoms with van der Waals surface area (Å²) in [6, 6.07) is 4.69. The van der Waals surface area contributed by atoms with Gasteiger partial charge in [0.05, 0.1) is 5.41 Å². The summed E-state index contributed by atoms with van der Waals surface area (Å²) in [5, 5.41) is 12.7. The van der Waals surface area contributed by atoms with Crippen molar-refractivity contribution in [2.75, 3.05) is 25.5 Å². The molecule has 0 spiro atoms. The standard InChI is InChI=1S/C16H23FN2O2/c1-19(2)14-6-5-13(17)9-12(14)10-18-11-16(15(20)21)7-3-4-8-16/h5-6,9,18H,3-4,7-8,10-11H2,1-2H3,(H,20,21). The van der Waals surface area contributed by atoms with Crippen molar-refractivity contribution >= 4 is 11.7 Å². The smallest absolute Gasteiger partial charge is 0.310 e. The van der Waals surface area contributed by atoms with Gasteiger partial charge in [-0.05, 0) is 36.6 Å². The van der Waals surface area contributed by atoms with Gasteiger partial charge in [0.25, 0.3) is 0 Å². The van der Waals surface area contributed by atoms with Gasteiger partial charge in [-0.15, -0.1) is 0 Å². The van der Waals surface area contributed by atoms with Gasteiger partial charge in [-0.2, -0.15) is 0 Å². The maximum atomic E-state index is 13.4. The van der Waals surface area contributed by atoms with E-state index < -0.39 is 11.4 Å². The molecule has 0 aliphatic heterocycles. The summed E-state index contributed by atoms with van der Waals surface area (Å²) < 4.78 is 13.4. The number of halogens is 1. The van der Waals surface area contributed by atoms with Gasteiger partial charge in [-0.25, -0.2) is 4.39 Å². The lowest BCUT2D eigenvalue weighted by Gasteiger charge is -2.25. The second-order valence-corrected chi connectivity index (χ2v) is 6.06. The summed E-state index contributed by atoms with van der Waals surface area (Å²) in [5.74, 6) is -0.995. The fourth-order valence-electron chi connectivity index (χ4n) is 3.09. The monoisotopic (exact) mass is 294 g/mol. The molecule has 4 nitrogen and oxygen atoms in total. The average Bonchev–Trinajstić information content (AvgIpc) is 2.88. The van der Waals surface area contributed by atoms with E-state index in [2.05, 4.69) is 5.32 Å². The lowest BCUT2D eigenvalue weighted by Crippen LogP contribution is -2.38. The Hall–Kier alpha value is -1.62. The Kier molecular flexibility index (Phi) is 4.83. The third kappa shape index (κ3) is 3.53. The van der Waals surface area contributed by atoms with E-state index in [4.69, 9.17) is 0 Å². The fourth-order valence-corrected chi connectivity index (χ4v) is 3.09. The van der Waals surface area contributed by atoms with E-state index in [1.807, 2.05) is 19.0 Å². The van der Waals surface area contributed by atoms with E-state index in [0.717, 1.165) is 36.9 Å². The van der Waals surface area contributed by atoms with Crippen LogP contribution in [0.5, 0.6) is 0 Å². The minimum Gasteiger partial charge on any atom is -0.481 e. The van der Waals surface area contributed by atoms with E-state index in [-0.39, 0.29) is 5.82 Å². The van der Waals surface area contributed by atoms with Crippen molar-refractivity contribution < 1.29 is 14.3 Å². The first-order valence-electron chi connectivity index (χ1n) is 7.34. The molecule has 21 heavy (non-hydrogen) atoms. The van der Waals surface area contributed by atoms with E-state index in [0.29, 0.717) is 13.1 Å². The summed E-state index contributed by atoms with van der Waals surface area (Å²) in [4.78, 5) is 13.4. The Labute approximate surface area is 125 Å². The predicted molar refractivity (Wildman–Crippen MR) is 81.0 cm³/mol. The number of anilines is 1. The zero-order valence-electron chi connectivity index (χ0n) is 12.7. The summed E-state index contributed by atoms with van der Waals surface area (Å²) in [5.41, 5.74) is 1.14. The van der Waals surface area contributed by atoms with Crippen molar-refractivity contribution in [1.82, 2.24) is 5.32 Å². The minimum atomic E-state index is -0.723. The maximum Gasteiger partial charge on any atom is 0.310 e. The molecule has 5 heteroatoms. The van der Waals surface area contributed by atoms with Crippen LogP contribution in [0.15, 0.2) is 18.2 Å². The van der Waals surface area contributed by atoms with Gasteiger partial charge >= 0.3 is 5.97 Å². The quantitative estimate of drug-likeness (QED) is 0.847. The highest BCUT2D eigenvalue weighted by atomic mass is 19.1. The molecule has 1 aromatic rings. The molecular weight excluding hydrogens is 271 g/mol. The first-order chi connectivity index (χ1) is 9.94. The highest BCUT2D eigenvalue weighted by Gasteiger charge is 2.40. The Morgan fingerprint density at radius 1 is 1.38 bits per heavy atom. The summed E-state index contributed by atoms with van der Waals surface area (Å²) >= 11 is 0. The van der Waals surface area contributed by atoms with Gasteiger partial charge in [-0.1, -0.05) is 12.8 Å². The van der Waals surface area contributed by atoms with Gasteiger partial charge in [0.1, 0.15) is 5.82 Å². The third-order valence-electron chi connectivity index (χ3n) is 4.32. The fraction of sp³-hybridized carbons (Fsp3) is 0.562. The van der Waals surface area contributed by atoms with Gasteiger partial charge in [0, 0.05) is 32.9 Å². The number of carboxylic acids is 1. The molecule has 0 bridgehead atoms. The highest BCUT2D eigenvalue weighted by molar-refractivity contribution is 5.75. The molecule has 0 unspecified atom stereocenters. The molecule has 1 aliphatic carbocycles. The van der Waals surface area contributed by atoms with Crippen molar-refractivity contribution in [2.24, 2.45) is 5.41 Å². The number of rotatable bonds is 6. The van der Waals surface area contributed by atoms with Crippen molar-refractivity contribution in [3.8, 4) is 0 Å². The number of benzene rings is 1. The van der Waals surface area contributed by atoms with Crippen LogP contribution in [0.3, 0.4) is 0 Å². The van der Waals surface area contributed by atoms with Crippen molar-refractivity contribution in [2.45, 2.75) is 32.2 Å². The van der Waals surface area contributed by atoms with Gasteiger partial charge in [-0.3, -0.25) is 4.79 Å². The normalized spacial score (nSPS) is 16.9. The zero-order chi connectivity index (χ0) is 15.5. The molecule has 1 aromatic carbocycles. The number of aliphatic carboxylic acids is 1. The molecule has 0 radical (unpaired) electrons. The SMILES string of the molecule is CN(C)c1ccc(F)cc1CNCC1(C(=O)O)CCCC1. The van der Waals surface area contributed by atoms with Crippen LogP contribution in [-0.2, 0) is 11.3 Å². The molecule has 0 amide bonds. The number of carboxylic acid groups (broad SMARTS) is 1. The van der Waals surface area contributed by atoms with Crippen LogP contribution < -0.4 is 10.2 Å². The Bertz CT molecular complexity index is 511. The molecule has 116 valence electrons. The van der Waals surface area contributed by atoms with Crippen LogP contribution in [0.25, 0.3) is 0 Å². The zero-order valence-corrected chi connectivity index (χ0v) is 12.7. The number of hydrogen-bond acceptors (Lipinski definition) is 3. The van der Waals surface area contributed by atoms with Crippen LogP contribution in [0.4, 0.5) is 10.1 Å². The Balaban J connectivity index is 2.03. The van der Waals surface area contributed by atoms with Crippen molar-refractivity contribution in [1.29, 1.82) is 0 Å². The first-order valence-corrected chi connectivity index (χ1v) is 7.34. The van der Waals surface area contributed by atoms with Crippen LogP contribution >= 0.6 is 0 Å². The summed E-state index contributed by atoms with van der Waals surface area (Å²) in [6.07, 6.45) is 3.38. The molecule has 0 saturated heterocycles. The highest BCUT2D eigenvalue weighted by Crippen LogP contribution is 2.37. The predicted octanol–water partition coefficient (Wildman–Crippen LogP) is 2.63. The van der Waals surface area contributed by atoms with E-state index in [9.17, 15) is 14.3 Å². The largest absolute Gasteiger partial charge is 0.481 e. The number of carbonyl (C=O) groups is 1. The molecule has 2 rings (SSSR count). The van der Waals surface area contributed by atoms with Crippen LogP contribution in [0.2, 0.25) is 0 Å². The van der Waals surface area contributed by atoms with Crippen molar-refractivity contribution in [3.63, 3.8) is 0 Å². The number of hydrogen-bond donors (Lipinski definition) is 2. The lowest BCUT2D eigenvalue weighted by molar-refractivity contribution is -0.148. The molecule has 0 atom stereocenters. The Morgan fingerprint density at radius 3 is 2.62 bits per heavy atom. The maximum absolute atomic E-state index is 13.4. The van der Waals surface area contributed by atoms with Gasteiger partial charge < -0.3 is 15.3 Å². The molecule has 1 aliphatic rings. The summed E-state index contributed by atoms with van der Waals surface area (Å²) in [6.45, 7) is 0.909. The third-order valence-corrected chi connectivity index (χ3v) is 4.32. The van der Waals surface area contributed by atoms with Crippen molar-refractivity contribution in [3.05, 3.63) is 29.6 Å². The lowest BCUT2D eigenvalue weighted by atomic mass is 9.86. The number of nitrogens with one attached hydrogen (secondary N) is 1. The molecule has 2 N–H and O–H groups in total. The Morgan fingerprint density at radius 2 is 2.05 bits per heavy atom. The number of nitrogens with zero attached hydrogens (tertiary/aromatic N) is 1.